The van der Waals surface area contributed by atoms with E-state index in [-0.39, 0.29) is 5.60 Å². The van der Waals surface area contributed by atoms with Crippen LogP contribution in [0.25, 0.3) is 0 Å². The Kier molecular flexibility index (Phi) is 14.2. The molecule has 5 nitrogen and oxygen atoms in total. The largest absolute Gasteiger partial charge is 0.376 e. The van der Waals surface area contributed by atoms with Crippen LogP contribution in [0.2, 0.25) is 0 Å². The first-order valence-corrected chi connectivity index (χ1v) is 8.97. The van der Waals surface area contributed by atoms with E-state index in [1.165, 1.54) is 19.3 Å². The summed E-state index contributed by atoms with van der Waals surface area (Å²) in [6, 6.07) is 0. The molecule has 0 aromatic heterocycles. The van der Waals surface area contributed by atoms with Crippen molar-refractivity contribution in [2.75, 3.05) is 34.0 Å². The van der Waals surface area contributed by atoms with Gasteiger partial charge in [-0.15, -0.1) is 0 Å². The van der Waals surface area contributed by atoms with E-state index in [0.717, 1.165) is 6.61 Å². The number of rotatable bonds is 6. The Morgan fingerprint density at radius 3 is 1.46 bits per heavy atom. The van der Waals surface area contributed by atoms with Gasteiger partial charge in [-0.3, -0.25) is 0 Å². The highest BCUT2D eigenvalue weighted by atomic mass is 16.7. The second-order valence-corrected chi connectivity index (χ2v) is 7.14. The fraction of sp³-hybridized carbons (Fsp3) is 1.00. The van der Waals surface area contributed by atoms with Crippen molar-refractivity contribution in [3.05, 3.63) is 0 Å². The third kappa shape index (κ3) is 16.7. The minimum atomic E-state index is -0.417. The molecule has 1 aliphatic heterocycles. The second-order valence-electron chi connectivity index (χ2n) is 7.14. The highest BCUT2D eigenvalue weighted by Gasteiger charge is 2.20. The monoisotopic (exact) mass is 350 g/mol. The normalized spacial score (nSPS) is 17.2. The highest BCUT2D eigenvalue weighted by molar-refractivity contribution is 4.71. The van der Waals surface area contributed by atoms with Crippen LogP contribution in [-0.4, -0.2) is 51.2 Å². The Morgan fingerprint density at radius 2 is 1.29 bits per heavy atom. The third-order valence-electron chi connectivity index (χ3n) is 3.63. The van der Waals surface area contributed by atoms with Gasteiger partial charge in [-0.05, 0) is 74.7 Å². The van der Waals surface area contributed by atoms with E-state index in [9.17, 15) is 0 Å². The van der Waals surface area contributed by atoms with Gasteiger partial charge in [-0.1, -0.05) is 0 Å². The van der Waals surface area contributed by atoms with Gasteiger partial charge in [0.25, 0.3) is 0 Å². The molecule has 1 aliphatic rings. The fourth-order valence-corrected chi connectivity index (χ4v) is 1.89. The van der Waals surface area contributed by atoms with Crippen molar-refractivity contribution in [3.63, 3.8) is 0 Å². The van der Waals surface area contributed by atoms with E-state index in [1.54, 1.807) is 14.2 Å². The Hall–Kier alpha value is -0.200. The van der Waals surface area contributed by atoms with Gasteiger partial charge in [-0.2, -0.15) is 0 Å². The zero-order valence-corrected chi connectivity index (χ0v) is 17.8. The van der Waals surface area contributed by atoms with Crippen molar-refractivity contribution in [2.45, 2.75) is 91.8 Å². The standard InChI is InChI=1S/C7H16O2.C7H14O.C5H12O2/c1-5-8-7(3,4)9-6-2;1-7(2)5-3-4-6-8-7;1-5(2,6-3)7-4/h5-6H2,1-4H3;3-6H2,1-2H3;1-4H3. The van der Waals surface area contributed by atoms with Gasteiger partial charge >= 0.3 is 0 Å². The number of hydrogen-bond donors (Lipinski definition) is 0. The highest BCUT2D eigenvalue weighted by Crippen LogP contribution is 2.22. The molecule has 24 heavy (non-hydrogen) atoms. The van der Waals surface area contributed by atoms with Crippen molar-refractivity contribution in [1.29, 1.82) is 0 Å². The molecule has 148 valence electrons. The molecule has 0 aliphatic carbocycles. The van der Waals surface area contributed by atoms with Crippen molar-refractivity contribution < 1.29 is 23.7 Å². The zero-order valence-electron chi connectivity index (χ0n) is 17.8. The van der Waals surface area contributed by atoms with Gasteiger partial charge in [0.05, 0.1) is 5.60 Å². The SMILES string of the molecule is CC1(C)CCCCO1.CCOC(C)(C)OCC.COC(C)(C)OC. The lowest BCUT2D eigenvalue weighted by molar-refractivity contribution is -0.207. The van der Waals surface area contributed by atoms with Gasteiger partial charge in [-0.25, -0.2) is 0 Å². The molecule has 5 heteroatoms. The van der Waals surface area contributed by atoms with E-state index < -0.39 is 11.6 Å². The smallest absolute Gasteiger partial charge is 0.162 e. The molecule has 0 unspecified atom stereocenters. The number of hydrogen-bond acceptors (Lipinski definition) is 5. The summed E-state index contributed by atoms with van der Waals surface area (Å²) >= 11 is 0. The third-order valence-corrected chi connectivity index (χ3v) is 3.63. The molecule has 1 rings (SSSR count). The van der Waals surface area contributed by atoms with Crippen LogP contribution < -0.4 is 0 Å². The quantitative estimate of drug-likeness (QED) is 0.645. The summed E-state index contributed by atoms with van der Waals surface area (Å²) in [6.45, 7) is 18.1. The van der Waals surface area contributed by atoms with Crippen LogP contribution in [0.1, 0.15) is 74.7 Å². The Labute approximate surface area is 150 Å². The van der Waals surface area contributed by atoms with E-state index in [4.69, 9.17) is 23.7 Å². The van der Waals surface area contributed by atoms with Crippen LogP contribution in [0.5, 0.6) is 0 Å². The van der Waals surface area contributed by atoms with E-state index in [2.05, 4.69) is 13.8 Å². The Morgan fingerprint density at radius 1 is 0.833 bits per heavy atom. The minimum absolute atomic E-state index is 0.179. The Bertz CT molecular complexity index is 265. The first-order valence-electron chi connectivity index (χ1n) is 8.97. The van der Waals surface area contributed by atoms with E-state index in [0.29, 0.717) is 13.2 Å². The minimum Gasteiger partial charge on any atom is -0.376 e. The maximum atomic E-state index is 5.47. The van der Waals surface area contributed by atoms with Crippen LogP contribution in [0.4, 0.5) is 0 Å². The van der Waals surface area contributed by atoms with Crippen LogP contribution in [-0.2, 0) is 23.7 Å². The lowest BCUT2D eigenvalue weighted by Gasteiger charge is -2.29. The molecule has 0 N–H and O–H groups in total. The molecule has 0 spiro atoms. The van der Waals surface area contributed by atoms with Gasteiger partial charge < -0.3 is 23.7 Å². The van der Waals surface area contributed by atoms with Crippen molar-refractivity contribution >= 4 is 0 Å². The average Bonchev–Trinajstić information content (AvgIpc) is 2.48. The van der Waals surface area contributed by atoms with Gasteiger partial charge in [0.2, 0.25) is 0 Å². The van der Waals surface area contributed by atoms with Crippen LogP contribution >= 0.6 is 0 Å². The molecule has 0 aromatic rings. The summed E-state index contributed by atoms with van der Waals surface area (Å²) in [5, 5.41) is 0. The first kappa shape index (κ1) is 26.0. The molecule has 0 radical (unpaired) electrons. The second kappa shape index (κ2) is 13.1. The molecule has 0 atom stereocenters. The maximum Gasteiger partial charge on any atom is 0.162 e. The molecular weight excluding hydrogens is 308 g/mol. The molecule has 0 bridgehead atoms. The lowest BCUT2D eigenvalue weighted by atomic mass is 9.99. The number of ether oxygens (including phenoxy) is 5. The molecular formula is C19H42O5. The zero-order chi connectivity index (χ0) is 19.3. The summed E-state index contributed by atoms with van der Waals surface area (Å²) in [7, 11) is 3.23. The maximum absolute atomic E-state index is 5.47. The van der Waals surface area contributed by atoms with Crippen LogP contribution in [0.15, 0.2) is 0 Å². The van der Waals surface area contributed by atoms with Gasteiger partial charge in [0, 0.05) is 34.0 Å². The summed E-state index contributed by atoms with van der Waals surface area (Å²) in [5.74, 6) is -0.816. The number of methoxy groups -OCH3 is 2. The summed E-state index contributed by atoms with van der Waals surface area (Å²) in [6.07, 6.45) is 3.82. The van der Waals surface area contributed by atoms with E-state index >= 15 is 0 Å². The van der Waals surface area contributed by atoms with Gasteiger partial charge in [0.1, 0.15) is 0 Å². The predicted octanol–water partition coefficient (Wildman–Crippen LogP) is 4.78. The van der Waals surface area contributed by atoms with Gasteiger partial charge in [0.15, 0.2) is 11.6 Å². The first-order chi connectivity index (χ1) is 10.9. The van der Waals surface area contributed by atoms with Crippen LogP contribution in [0.3, 0.4) is 0 Å². The average molecular weight is 351 g/mol. The lowest BCUT2D eigenvalue weighted by Crippen LogP contribution is -2.28. The summed E-state index contributed by atoms with van der Waals surface area (Å²) in [4.78, 5) is 0. The van der Waals surface area contributed by atoms with E-state index in [1.807, 2.05) is 41.5 Å². The molecule has 0 aromatic carbocycles. The Balaban J connectivity index is 0. The molecule has 1 saturated heterocycles. The van der Waals surface area contributed by atoms with Crippen molar-refractivity contribution in [3.8, 4) is 0 Å². The van der Waals surface area contributed by atoms with Crippen molar-refractivity contribution in [2.24, 2.45) is 0 Å². The fourth-order valence-electron chi connectivity index (χ4n) is 1.89. The molecule has 0 amide bonds. The molecule has 1 heterocycles. The molecule has 0 saturated carbocycles. The summed E-state index contributed by atoms with van der Waals surface area (Å²) in [5.41, 5.74) is 0.179. The predicted molar refractivity (Wildman–Crippen MR) is 99.3 cm³/mol. The van der Waals surface area contributed by atoms with Crippen molar-refractivity contribution in [1.82, 2.24) is 0 Å². The topological polar surface area (TPSA) is 46.2 Å². The molecule has 1 fully saturated rings. The van der Waals surface area contributed by atoms with Crippen LogP contribution in [0, 0.1) is 0 Å². The summed E-state index contributed by atoms with van der Waals surface area (Å²) < 4.78 is 25.7.